The van der Waals surface area contributed by atoms with E-state index in [2.05, 4.69) is 16.6 Å². The van der Waals surface area contributed by atoms with Gasteiger partial charge in [-0.25, -0.2) is 9.78 Å². The van der Waals surface area contributed by atoms with Crippen molar-refractivity contribution in [3.63, 3.8) is 0 Å². The van der Waals surface area contributed by atoms with Gasteiger partial charge in [-0.1, -0.05) is 18.7 Å². The first-order chi connectivity index (χ1) is 11.6. The Morgan fingerprint density at radius 3 is 2.92 bits per heavy atom. The van der Waals surface area contributed by atoms with Crippen LogP contribution < -0.4 is 5.56 Å². The molecule has 3 aromatic heterocycles. The fraction of sp³-hybridized carbons (Fsp3) is 0.312. The second-order valence-corrected chi connectivity index (χ2v) is 6.92. The van der Waals surface area contributed by atoms with Gasteiger partial charge in [0, 0.05) is 4.88 Å². The third-order valence-electron chi connectivity index (χ3n) is 3.56. The molecule has 0 N–H and O–H groups in total. The Morgan fingerprint density at radius 2 is 2.25 bits per heavy atom. The van der Waals surface area contributed by atoms with Crippen LogP contribution in [0.1, 0.15) is 28.1 Å². The average Bonchev–Trinajstić information content (AvgIpc) is 3.23. The van der Waals surface area contributed by atoms with Gasteiger partial charge in [0.1, 0.15) is 10.6 Å². The number of methoxy groups -OCH3 is 1. The van der Waals surface area contributed by atoms with Gasteiger partial charge in [-0.05, 0) is 30.9 Å². The van der Waals surface area contributed by atoms with E-state index in [1.807, 2.05) is 12.3 Å². The summed E-state index contributed by atoms with van der Waals surface area (Å²) in [5.41, 5.74) is -0.101. The second kappa shape index (κ2) is 6.82. The molecule has 0 aliphatic rings. The van der Waals surface area contributed by atoms with Crippen LogP contribution >= 0.6 is 23.1 Å². The van der Waals surface area contributed by atoms with Crippen molar-refractivity contribution in [2.75, 3.05) is 13.4 Å². The third-order valence-corrected chi connectivity index (χ3v) is 5.41. The summed E-state index contributed by atoms with van der Waals surface area (Å²) in [7, 11) is 1.29. The zero-order valence-electron chi connectivity index (χ0n) is 13.5. The van der Waals surface area contributed by atoms with Crippen molar-refractivity contribution < 1.29 is 13.9 Å². The number of thiophene rings is 1. The molecule has 0 spiro atoms. The zero-order chi connectivity index (χ0) is 17.3. The molecule has 3 rings (SSSR count). The van der Waals surface area contributed by atoms with E-state index in [4.69, 9.17) is 4.42 Å². The Labute approximate surface area is 146 Å². The maximum atomic E-state index is 12.8. The molecule has 8 heteroatoms. The molecular weight excluding hydrogens is 348 g/mol. The van der Waals surface area contributed by atoms with E-state index in [-0.39, 0.29) is 17.9 Å². The minimum Gasteiger partial charge on any atom is -0.463 e. The lowest BCUT2D eigenvalue weighted by Gasteiger charge is -2.08. The molecule has 3 aromatic rings. The molecule has 0 atom stereocenters. The molecule has 126 valence electrons. The summed E-state index contributed by atoms with van der Waals surface area (Å²) in [4.78, 5) is 30.8. The van der Waals surface area contributed by atoms with E-state index in [0.29, 0.717) is 16.3 Å². The van der Waals surface area contributed by atoms with Crippen molar-refractivity contribution in [3.05, 3.63) is 45.0 Å². The Balaban J connectivity index is 2.04. The number of ether oxygens (including phenoxy) is 1. The van der Waals surface area contributed by atoms with Gasteiger partial charge in [0.15, 0.2) is 5.16 Å². The first-order valence-electron chi connectivity index (χ1n) is 7.31. The number of fused-ring (bicyclic) bond motifs is 1. The van der Waals surface area contributed by atoms with E-state index in [9.17, 15) is 9.59 Å². The molecule has 0 saturated carbocycles. The first kappa shape index (κ1) is 16.8. The zero-order valence-corrected chi connectivity index (χ0v) is 15.1. The Morgan fingerprint density at radius 1 is 1.46 bits per heavy atom. The fourth-order valence-electron chi connectivity index (χ4n) is 2.35. The minimum absolute atomic E-state index is 0.101. The number of esters is 1. The molecule has 0 unspecified atom stereocenters. The van der Waals surface area contributed by atoms with Gasteiger partial charge in [-0.15, -0.1) is 11.3 Å². The standard InChI is InChI=1S/C16H16N2O4S2/c1-4-10-7-11-13(24-10)17-16(23-3)18(14(11)19)8-9-5-6-12(22-9)15(20)21-2/h5-7H,4,8H2,1-3H3. The molecule has 0 aromatic carbocycles. The van der Waals surface area contributed by atoms with Crippen LogP contribution in [0.2, 0.25) is 0 Å². The van der Waals surface area contributed by atoms with Crippen LogP contribution in [0, 0.1) is 0 Å². The quantitative estimate of drug-likeness (QED) is 0.393. The van der Waals surface area contributed by atoms with Crippen LogP contribution in [-0.2, 0) is 17.7 Å². The number of hydrogen-bond donors (Lipinski definition) is 0. The monoisotopic (exact) mass is 364 g/mol. The average molecular weight is 364 g/mol. The summed E-state index contributed by atoms with van der Waals surface area (Å²) in [6.45, 7) is 2.27. The van der Waals surface area contributed by atoms with Crippen LogP contribution in [0.5, 0.6) is 0 Å². The first-order valence-corrected chi connectivity index (χ1v) is 9.35. The summed E-state index contributed by atoms with van der Waals surface area (Å²) < 4.78 is 11.7. The van der Waals surface area contributed by atoms with Crippen LogP contribution in [0.3, 0.4) is 0 Å². The molecule has 0 saturated heterocycles. The summed E-state index contributed by atoms with van der Waals surface area (Å²) in [6.07, 6.45) is 2.75. The number of aromatic nitrogens is 2. The van der Waals surface area contributed by atoms with Crippen molar-refractivity contribution in [1.29, 1.82) is 0 Å². The largest absolute Gasteiger partial charge is 0.463 e. The maximum Gasteiger partial charge on any atom is 0.373 e. The number of rotatable bonds is 5. The van der Waals surface area contributed by atoms with Gasteiger partial charge in [-0.3, -0.25) is 9.36 Å². The van der Waals surface area contributed by atoms with Gasteiger partial charge in [-0.2, -0.15) is 0 Å². The highest BCUT2D eigenvalue weighted by Crippen LogP contribution is 2.25. The molecule has 0 radical (unpaired) electrons. The minimum atomic E-state index is -0.544. The smallest absolute Gasteiger partial charge is 0.373 e. The number of aryl methyl sites for hydroxylation is 1. The number of nitrogens with zero attached hydrogens (tertiary/aromatic N) is 2. The van der Waals surface area contributed by atoms with Crippen LogP contribution in [0.15, 0.2) is 32.6 Å². The van der Waals surface area contributed by atoms with Crippen LogP contribution in [0.25, 0.3) is 10.2 Å². The van der Waals surface area contributed by atoms with Gasteiger partial charge < -0.3 is 9.15 Å². The lowest BCUT2D eigenvalue weighted by atomic mass is 10.3. The number of furan rings is 1. The summed E-state index contributed by atoms with van der Waals surface area (Å²) in [5.74, 6) is 0.0710. The van der Waals surface area contributed by atoms with Crippen molar-refractivity contribution in [2.24, 2.45) is 0 Å². The summed E-state index contributed by atoms with van der Waals surface area (Å²) in [5, 5.41) is 1.24. The third kappa shape index (κ3) is 2.99. The van der Waals surface area contributed by atoms with Gasteiger partial charge in [0.25, 0.3) is 5.56 Å². The summed E-state index contributed by atoms with van der Waals surface area (Å²) in [6, 6.07) is 5.10. The topological polar surface area (TPSA) is 74.3 Å². The SMILES string of the molecule is CCc1cc2c(=O)n(Cc3ccc(C(=O)OC)o3)c(SC)nc2s1. The Hall–Kier alpha value is -2.06. The highest BCUT2D eigenvalue weighted by Gasteiger charge is 2.16. The predicted molar refractivity (Wildman–Crippen MR) is 94.2 cm³/mol. The van der Waals surface area contributed by atoms with Gasteiger partial charge in [0.05, 0.1) is 19.0 Å². The highest BCUT2D eigenvalue weighted by atomic mass is 32.2. The van der Waals surface area contributed by atoms with Crippen molar-refractivity contribution >= 4 is 39.3 Å². The van der Waals surface area contributed by atoms with Gasteiger partial charge in [0.2, 0.25) is 5.76 Å². The van der Waals surface area contributed by atoms with E-state index in [0.717, 1.165) is 16.1 Å². The van der Waals surface area contributed by atoms with Crippen molar-refractivity contribution in [1.82, 2.24) is 9.55 Å². The van der Waals surface area contributed by atoms with Crippen LogP contribution in [-0.4, -0.2) is 28.9 Å². The molecule has 3 heterocycles. The molecule has 0 bridgehead atoms. The highest BCUT2D eigenvalue weighted by molar-refractivity contribution is 7.98. The lowest BCUT2D eigenvalue weighted by molar-refractivity contribution is 0.0563. The Kier molecular flexibility index (Phi) is 4.77. The van der Waals surface area contributed by atoms with Crippen LogP contribution in [0.4, 0.5) is 0 Å². The van der Waals surface area contributed by atoms with E-state index < -0.39 is 5.97 Å². The molecule has 0 amide bonds. The molecule has 0 fully saturated rings. The number of thioether (sulfide) groups is 1. The van der Waals surface area contributed by atoms with E-state index >= 15 is 0 Å². The number of hydrogen-bond acceptors (Lipinski definition) is 7. The predicted octanol–water partition coefficient (Wildman–Crippen LogP) is 3.17. The Bertz CT molecular complexity index is 955. The molecular formula is C16H16N2O4S2. The maximum absolute atomic E-state index is 12.8. The number of carbonyl (C=O) groups excluding carboxylic acids is 1. The lowest BCUT2D eigenvalue weighted by Crippen LogP contribution is -2.23. The molecule has 0 aliphatic carbocycles. The van der Waals surface area contributed by atoms with E-state index in [1.54, 1.807) is 22.0 Å². The molecule has 6 nitrogen and oxygen atoms in total. The molecule has 0 aliphatic heterocycles. The van der Waals surface area contributed by atoms with Crippen molar-refractivity contribution in [2.45, 2.75) is 25.0 Å². The van der Waals surface area contributed by atoms with Crippen molar-refractivity contribution in [3.8, 4) is 0 Å². The van der Waals surface area contributed by atoms with Gasteiger partial charge >= 0.3 is 5.97 Å². The normalized spacial score (nSPS) is 11.1. The summed E-state index contributed by atoms with van der Waals surface area (Å²) >= 11 is 2.95. The molecule has 24 heavy (non-hydrogen) atoms. The fourth-order valence-corrected chi connectivity index (χ4v) is 3.91. The van der Waals surface area contributed by atoms with E-state index in [1.165, 1.54) is 24.9 Å². The number of carbonyl (C=O) groups is 1. The second-order valence-electron chi connectivity index (χ2n) is 5.03.